The van der Waals surface area contributed by atoms with Crippen LogP contribution in [0.2, 0.25) is 0 Å². The fraction of sp³-hybridized carbons (Fsp3) is 0.111. The van der Waals surface area contributed by atoms with E-state index in [0.29, 0.717) is 16.4 Å². The fourth-order valence-corrected chi connectivity index (χ4v) is 2.91. The number of rotatable bonds is 5. The smallest absolute Gasteiger partial charge is 0.203 e. The summed E-state index contributed by atoms with van der Waals surface area (Å²) in [6.07, 6.45) is 3.35. The molecule has 5 nitrogen and oxygen atoms in total. The predicted molar refractivity (Wildman–Crippen MR) is 98.2 cm³/mol. The second-order valence-corrected chi connectivity index (χ2v) is 6.19. The number of aryl methyl sites for hydroxylation is 1. The van der Waals surface area contributed by atoms with Gasteiger partial charge in [0.2, 0.25) is 5.13 Å². The lowest BCUT2D eigenvalue weighted by atomic mass is 10.1. The van der Waals surface area contributed by atoms with Gasteiger partial charge in [0.1, 0.15) is 0 Å². The number of benzene rings is 2. The highest BCUT2D eigenvalue weighted by atomic mass is 32.1. The molecule has 1 aromatic heterocycles. The second kappa shape index (κ2) is 7.14. The molecular weight excluding hydrogens is 322 g/mol. The van der Waals surface area contributed by atoms with E-state index in [4.69, 9.17) is 4.74 Å². The summed E-state index contributed by atoms with van der Waals surface area (Å²) in [5, 5.41) is 14.8. The lowest BCUT2D eigenvalue weighted by Gasteiger charge is -2.04. The van der Waals surface area contributed by atoms with Crippen LogP contribution in [0.1, 0.15) is 11.1 Å². The topological polar surface area (TPSA) is 66.7 Å². The first-order valence-electron chi connectivity index (χ1n) is 7.35. The number of ether oxygens (including phenoxy) is 1. The van der Waals surface area contributed by atoms with E-state index in [1.54, 1.807) is 18.2 Å². The van der Waals surface area contributed by atoms with E-state index in [0.717, 1.165) is 10.4 Å². The van der Waals surface area contributed by atoms with Crippen molar-refractivity contribution in [2.24, 2.45) is 5.10 Å². The van der Waals surface area contributed by atoms with Gasteiger partial charge in [0.15, 0.2) is 11.5 Å². The zero-order valence-electron chi connectivity index (χ0n) is 13.4. The first kappa shape index (κ1) is 16.0. The number of phenols is 1. The molecule has 0 aliphatic heterocycles. The van der Waals surface area contributed by atoms with E-state index >= 15 is 0 Å². The van der Waals surface area contributed by atoms with E-state index in [1.807, 2.05) is 6.20 Å². The van der Waals surface area contributed by atoms with Crippen LogP contribution in [0.4, 0.5) is 5.13 Å². The van der Waals surface area contributed by atoms with Gasteiger partial charge in [-0.25, -0.2) is 4.98 Å². The molecule has 1 heterocycles. The number of aromatic hydroxyl groups is 1. The maximum atomic E-state index is 10.0. The van der Waals surface area contributed by atoms with Crippen LogP contribution in [0, 0.1) is 6.92 Å². The van der Waals surface area contributed by atoms with E-state index in [-0.39, 0.29) is 5.75 Å². The maximum absolute atomic E-state index is 10.0. The molecule has 3 rings (SSSR count). The lowest BCUT2D eigenvalue weighted by Crippen LogP contribution is -1.92. The summed E-state index contributed by atoms with van der Waals surface area (Å²) in [7, 11) is 1.51. The Kier molecular flexibility index (Phi) is 4.77. The van der Waals surface area contributed by atoms with Gasteiger partial charge < -0.3 is 9.84 Å². The van der Waals surface area contributed by atoms with Gasteiger partial charge in [-0.15, -0.1) is 0 Å². The number of phenolic OH excluding ortho intramolecular Hbond substituents is 1. The molecule has 0 radical (unpaired) electrons. The number of hydrogen-bond acceptors (Lipinski definition) is 6. The summed E-state index contributed by atoms with van der Waals surface area (Å²) >= 11 is 1.52. The standard InChI is InChI=1S/C18H17N3O2S/c1-12-6-8-13(9-7-12)16-11-19-18(24-16)21-20-10-14-4-3-5-15(23-2)17(14)22/h3-11,22H,1-2H3,(H,19,21). The lowest BCUT2D eigenvalue weighted by molar-refractivity contribution is 0.373. The van der Waals surface area contributed by atoms with Crippen molar-refractivity contribution >= 4 is 22.7 Å². The molecule has 2 N–H and O–H groups in total. The number of anilines is 1. The minimum atomic E-state index is 0.0602. The Bertz CT molecular complexity index is 857. The number of thiazole rings is 1. The highest BCUT2D eigenvalue weighted by Gasteiger charge is 2.06. The third-order valence-electron chi connectivity index (χ3n) is 3.46. The molecule has 2 aromatic carbocycles. The minimum Gasteiger partial charge on any atom is -0.504 e. The second-order valence-electron chi connectivity index (χ2n) is 5.16. The van der Waals surface area contributed by atoms with Gasteiger partial charge in [0.25, 0.3) is 0 Å². The van der Waals surface area contributed by atoms with Gasteiger partial charge in [-0.3, -0.25) is 5.43 Å². The SMILES string of the molecule is COc1cccc(C=NNc2ncc(-c3ccc(C)cc3)s2)c1O. The zero-order chi connectivity index (χ0) is 16.9. The van der Waals surface area contributed by atoms with Gasteiger partial charge in [0, 0.05) is 11.8 Å². The highest BCUT2D eigenvalue weighted by Crippen LogP contribution is 2.30. The third kappa shape index (κ3) is 3.55. The Labute approximate surface area is 144 Å². The molecule has 0 bridgehead atoms. The quantitative estimate of drug-likeness (QED) is 0.538. The molecule has 0 aliphatic rings. The van der Waals surface area contributed by atoms with E-state index in [9.17, 15) is 5.11 Å². The first-order chi connectivity index (χ1) is 11.7. The molecule has 0 saturated carbocycles. The van der Waals surface area contributed by atoms with Gasteiger partial charge in [-0.05, 0) is 24.6 Å². The zero-order valence-corrected chi connectivity index (χ0v) is 14.2. The van der Waals surface area contributed by atoms with Crippen molar-refractivity contribution in [2.75, 3.05) is 12.5 Å². The summed E-state index contributed by atoms with van der Waals surface area (Å²) in [6.45, 7) is 2.06. The van der Waals surface area contributed by atoms with Crippen LogP contribution >= 0.6 is 11.3 Å². The van der Waals surface area contributed by atoms with Crippen molar-refractivity contribution < 1.29 is 9.84 Å². The normalized spacial score (nSPS) is 10.9. The average Bonchev–Trinajstić information content (AvgIpc) is 3.06. The van der Waals surface area contributed by atoms with Gasteiger partial charge >= 0.3 is 0 Å². The van der Waals surface area contributed by atoms with Crippen LogP contribution in [0.25, 0.3) is 10.4 Å². The predicted octanol–water partition coefficient (Wildman–Crippen LogP) is 4.28. The Morgan fingerprint density at radius 1 is 1.21 bits per heavy atom. The Hall–Kier alpha value is -2.86. The number of hydrogen-bond donors (Lipinski definition) is 2. The van der Waals surface area contributed by atoms with Crippen LogP contribution in [0.5, 0.6) is 11.5 Å². The van der Waals surface area contributed by atoms with Crippen LogP contribution < -0.4 is 10.2 Å². The Balaban J connectivity index is 1.70. The van der Waals surface area contributed by atoms with Gasteiger partial charge in [0.05, 0.1) is 18.2 Å². The van der Waals surface area contributed by atoms with E-state index in [1.165, 1.54) is 30.2 Å². The van der Waals surface area contributed by atoms with Crippen LogP contribution in [-0.2, 0) is 0 Å². The molecule has 3 aromatic rings. The van der Waals surface area contributed by atoms with Crippen molar-refractivity contribution in [3.63, 3.8) is 0 Å². The molecule has 0 fully saturated rings. The molecule has 122 valence electrons. The monoisotopic (exact) mass is 339 g/mol. The fourth-order valence-electron chi connectivity index (χ4n) is 2.14. The molecule has 0 saturated heterocycles. The summed E-state index contributed by atoms with van der Waals surface area (Å²) in [5.74, 6) is 0.472. The number of hydrazone groups is 1. The Morgan fingerprint density at radius 3 is 2.75 bits per heavy atom. The third-order valence-corrected chi connectivity index (χ3v) is 4.41. The van der Waals surface area contributed by atoms with Gasteiger partial charge in [-0.1, -0.05) is 47.2 Å². The molecule has 0 atom stereocenters. The number of methoxy groups -OCH3 is 1. The number of para-hydroxylation sites is 1. The van der Waals surface area contributed by atoms with Gasteiger partial charge in [-0.2, -0.15) is 5.10 Å². The van der Waals surface area contributed by atoms with Crippen LogP contribution in [-0.4, -0.2) is 23.4 Å². The maximum Gasteiger partial charge on any atom is 0.203 e. The van der Waals surface area contributed by atoms with Crippen LogP contribution in [0.3, 0.4) is 0 Å². The molecule has 6 heteroatoms. The molecule has 0 unspecified atom stereocenters. The molecule has 0 aliphatic carbocycles. The Morgan fingerprint density at radius 2 is 2.00 bits per heavy atom. The van der Waals surface area contributed by atoms with Crippen molar-refractivity contribution in [1.82, 2.24) is 4.98 Å². The first-order valence-corrected chi connectivity index (χ1v) is 8.17. The summed E-state index contributed by atoms with van der Waals surface area (Å²) in [4.78, 5) is 5.38. The van der Waals surface area contributed by atoms with E-state index < -0.39 is 0 Å². The van der Waals surface area contributed by atoms with Crippen molar-refractivity contribution in [3.8, 4) is 21.9 Å². The van der Waals surface area contributed by atoms with E-state index in [2.05, 4.69) is 46.7 Å². The molecule has 0 amide bonds. The van der Waals surface area contributed by atoms with Crippen LogP contribution in [0.15, 0.2) is 53.8 Å². The van der Waals surface area contributed by atoms with Crippen molar-refractivity contribution in [3.05, 3.63) is 59.8 Å². The summed E-state index contributed by atoms with van der Waals surface area (Å²) < 4.78 is 5.07. The minimum absolute atomic E-state index is 0.0602. The largest absolute Gasteiger partial charge is 0.504 e. The number of aromatic nitrogens is 1. The van der Waals surface area contributed by atoms with Crippen molar-refractivity contribution in [2.45, 2.75) is 6.92 Å². The molecule has 24 heavy (non-hydrogen) atoms. The molecule has 0 spiro atoms. The van der Waals surface area contributed by atoms with Crippen molar-refractivity contribution in [1.29, 1.82) is 0 Å². The number of nitrogens with zero attached hydrogens (tertiary/aromatic N) is 2. The highest BCUT2D eigenvalue weighted by molar-refractivity contribution is 7.18. The summed E-state index contributed by atoms with van der Waals surface area (Å²) in [6, 6.07) is 13.5. The average molecular weight is 339 g/mol. The summed E-state index contributed by atoms with van der Waals surface area (Å²) in [5.41, 5.74) is 5.80. The molecular formula is C18H17N3O2S. The number of nitrogens with one attached hydrogen (secondary N) is 1.